The number of carboxylic acid groups (broad SMARTS) is 1. The number of piperidine rings is 1. The summed E-state index contributed by atoms with van der Waals surface area (Å²) in [5, 5.41) is 9.36. The van der Waals surface area contributed by atoms with E-state index < -0.39 is 5.97 Å². The molecule has 2 aromatic carbocycles. The smallest absolute Gasteiger partial charge is 0.335 e. The minimum absolute atomic E-state index is 0.297. The van der Waals surface area contributed by atoms with Crippen molar-refractivity contribution < 1.29 is 14.7 Å². The van der Waals surface area contributed by atoms with Crippen LogP contribution in [0.15, 0.2) is 54.6 Å². The molecular formula is C25H29NO3. The Morgan fingerprint density at radius 2 is 1.55 bits per heavy atom. The molecule has 152 valence electrons. The second-order valence-electron chi connectivity index (χ2n) is 8.64. The van der Waals surface area contributed by atoms with Crippen molar-refractivity contribution in [1.82, 2.24) is 4.90 Å². The summed E-state index contributed by atoms with van der Waals surface area (Å²) in [7, 11) is 0. The summed E-state index contributed by atoms with van der Waals surface area (Å²) < 4.78 is 0. The van der Waals surface area contributed by atoms with E-state index in [1.54, 1.807) is 12.1 Å². The molecule has 1 saturated heterocycles. The highest BCUT2D eigenvalue weighted by Crippen LogP contribution is 2.43. The normalized spacial score (nSPS) is 22.1. The topological polar surface area (TPSA) is 57.6 Å². The fraction of sp³-hybridized carbons (Fsp3) is 0.440. The Balaban J connectivity index is 1.22. The fourth-order valence-electron chi connectivity index (χ4n) is 4.88. The third kappa shape index (κ3) is 4.69. The van der Waals surface area contributed by atoms with Crippen LogP contribution in [0.5, 0.6) is 0 Å². The van der Waals surface area contributed by atoms with Gasteiger partial charge in [0.15, 0.2) is 0 Å². The second kappa shape index (κ2) is 8.81. The maximum atomic E-state index is 12.7. The van der Waals surface area contributed by atoms with Gasteiger partial charge in [0.1, 0.15) is 0 Å². The Morgan fingerprint density at radius 1 is 0.897 bits per heavy atom. The molecule has 1 heterocycles. The van der Waals surface area contributed by atoms with Crippen molar-refractivity contribution in [2.45, 2.75) is 44.4 Å². The highest BCUT2D eigenvalue weighted by atomic mass is 16.4. The van der Waals surface area contributed by atoms with Crippen molar-refractivity contribution in [3.8, 4) is 0 Å². The molecule has 29 heavy (non-hydrogen) atoms. The molecule has 4 rings (SSSR count). The molecule has 1 saturated carbocycles. The van der Waals surface area contributed by atoms with Crippen LogP contribution in [0.1, 0.15) is 59.5 Å². The van der Waals surface area contributed by atoms with E-state index in [-0.39, 0.29) is 0 Å². The zero-order chi connectivity index (χ0) is 20.2. The molecule has 2 aliphatic rings. The average Bonchev–Trinajstić information content (AvgIpc) is 2.71. The predicted octanol–water partition coefficient (Wildman–Crippen LogP) is 4.75. The first-order valence-corrected chi connectivity index (χ1v) is 10.7. The second-order valence-corrected chi connectivity index (χ2v) is 8.64. The summed E-state index contributed by atoms with van der Waals surface area (Å²) in [4.78, 5) is 26.1. The van der Waals surface area contributed by atoms with Crippen LogP contribution in [0.25, 0.3) is 0 Å². The third-order valence-electron chi connectivity index (χ3n) is 6.69. The quantitative estimate of drug-likeness (QED) is 0.773. The molecule has 0 radical (unpaired) electrons. The van der Waals surface area contributed by atoms with E-state index in [4.69, 9.17) is 0 Å². The van der Waals surface area contributed by atoms with Gasteiger partial charge in [0.25, 0.3) is 0 Å². The summed E-state index contributed by atoms with van der Waals surface area (Å²) in [5.74, 6) is 1.03. The van der Waals surface area contributed by atoms with Gasteiger partial charge in [-0.15, -0.1) is 0 Å². The average molecular weight is 392 g/mol. The minimum atomic E-state index is -0.859. The van der Waals surface area contributed by atoms with Crippen LogP contribution in [-0.2, 0) is 11.2 Å². The zero-order valence-corrected chi connectivity index (χ0v) is 16.8. The van der Waals surface area contributed by atoms with Crippen molar-refractivity contribution in [2.24, 2.45) is 11.8 Å². The number of aromatic carboxylic acids is 1. The first kappa shape index (κ1) is 19.7. The number of carbonyl (C=O) groups is 2. The Labute approximate surface area is 172 Å². The van der Waals surface area contributed by atoms with Crippen molar-refractivity contribution in [1.29, 1.82) is 0 Å². The van der Waals surface area contributed by atoms with Crippen LogP contribution in [0.3, 0.4) is 0 Å². The van der Waals surface area contributed by atoms with E-state index >= 15 is 0 Å². The number of likely N-dealkylation sites (tertiary alicyclic amines) is 1. The number of hydrogen-bond acceptors (Lipinski definition) is 2. The highest BCUT2D eigenvalue weighted by Gasteiger charge is 2.33. The van der Waals surface area contributed by atoms with Gasteiger partial charge in [-0.25, -0.2) is 4.79 Å². The molecule has 4 heteroatoms. The Morgan fingerprint density at radius 3 is 2.24 bits per heavy atom. The molecular weight excluding hydrogens is 362 g/mol. The molecule has 2 fully saturated rings. The number of rotatable bonds is 6. The van der Waals surface area contributed by atoms with Gasteiger partial charge in [-0.2, -0.15) is 0 Å². The van der Waals surface area contributed by atoms with Crippen molar-refractivity contribution in [3.05, 3.63) is 71.3 Å². The molecule has 1 amide bonds. The minimum Gasteiger partial charge on any atom is -0.478 e. The van der Waals surface area contributed by atoms with Crippen LogP contribution in [0.4, 0.5) is 0 Å². The van der Waals surface area contributed by atoms with E-state index in [0.29, 0.717) is 35.6 Å². The van der Waals surface area contributed by atoms with E-state index in [9.17, 15) is 14.7 Å². The zero-order valence-electron chi connectivity index (χ0n) is 16.8. The molecule has 1 aliphatic heterocycles. The summed E-state index contributed by atoms with van der Waals surface area (Å²) in [6.07, 6.45) is 5.62. The van der Waals surface area contributed by atoms with E-state index in [0.717, 1.165) is 50.8 Å². The lowest BCUT2D eigenvalue weighted by atomic mass is 9.70. The molecule has 0 atom stereocenters. The van der Waals surface area contributed by atoms with Gasteiger partial charge in [0.05, 0.1) is 5.56 Å². The molecule has 2 aromatic rings. The van der Waals surface area contributed by atoms with Crippen LogP contribution in [-0.4, -0.2) is 35.0 Å². The standard InChI is InChI=1S/C25H29NO3/c27-24(17-19-15-22(16-19)20-6-2-1-3-7-20)26-12-10-18(11-13-26)14-21-8-4-5-9-23(21)25(28)29/h1-9,18-19,22H,10-17H2,(H,28,29). The van der Waals surface area contributed by atoms with E-state index in [2.05, 4.69) is 24.3 Å². The maximum Gasteiger partial charge on any atom is 0.335 e. The van der Waals surface area contributed by atoms with Gasteiger partial charge >= 0.3 is 5.97 Å². The van der Waals surface area contributed by atoms with Gasteiger partial charge in [0.2, 0.25) is 5.91 Å². The first-order chi connectivity index (χ1) is 14.1. The SMILES string of the molecule is O=C(O)c1ccccc1CC1CCN(C(=O)CC2CC(c3ccccc3)C2)CC1. The fourth-order valence-corrected chi connectivity index (χ4v) is 4.88. The summed E-state index contributed by atoms with van der Waals surface area (Å²) in [6, 6.07) is 17.9. The lowest BCUT2D eigenvalue weighted by Crippen LogP contribution is -2.40. The third-order valence-corrected chi connectivity index (χ3v) is 6.69. The van der Waals surface area contributed by atoms with Gasteiger partial charge in [-0.05, 0) is 67.1 Å². The highest BCUT2D eigenvalue weighted by molar-refractivity contribution is 5.89. The van der Waals surface area contributed by atoms with Gasteiger partial charge in [0, 0.05) is 19.5 Å². The van der Waals surface area contributed by atoms with E-state index in [1.807, 2.05) is 23.1 Å². The number of nitrogens with zero attached hydrogens (tertiary/aromatic N) is 1. The Kier molecular flexibility index (Phi) is 5.98. The first-order valence-electron chi connectivity index (χ1n) is 10.7. The molecule has 1 N–H and O–H groups in total. The van der Waals surface area contributed by atoms with Crippen LogP contribution < -0.4 is 0 Å². The number of carboxylic acids is 1. The molecule has 0 aromatic heterocycles. The summed E-state index contributed by atoms with van der Waals surface area (Å²) >= 11 is 0. The summed E-state index contributed by atoms with van der Waals surface area (Å²) in [5.41, 5.74) is 2.72. The number of benzene rings is 2. The van der Waals surface area contributed by atoms with Gasteiger partial charge in [-0.1, -0.05) is 48.5 Å². The number of amides is 1. The predicted molar refractivity (Wildman–Crippen MR) is 113 cm³/mol. The van der Waals surface area contributed by atoms with Crippen LogP contribution >= 0.6 is 0 Å². The van der Waals surface area contributed by atoms with Crippen LogP contribution in [0, 0.1) is 11.8 Å². The van der Waals surface area contributed by atoms with Crippen molar-refractivity contribution in [3.63, 3.8) is 0 Å². The Bertz CT molecular complexity index is 849. The molecule has 4 nitrogen and oxygen atoms in total. The monoisotopic (exact) mass is 391 g/mol. The number of carbonyl (C=O) groups excluding carboxylic acids is 1. The van der Waals surface area contributed by atoms with Gasteiger partial charge in [-0.3, -0.25) is 4.79 Å². The lowest BCUT2D eigenvalue weighted by Gasteiger charge is -2.38. The van der Waals surface area contributed by atoms with Gasteiger partial charge < -0.3 is 10.0 Å². The largest absolute Gasteiger partial charge is 0.478 e. The molecule has 0 bridgehead atoms. The Hall–Kier alpha value is -2.62. The van der Waals surface area contributed by atoms with Crippen molar-refractivity contribution in [2.75, 3.05) is 13.1 Å². The maximum absolute atomic E-state index is 12.7. The number of hydrogen-bond donors (Lipinski definition) is 1. The van der Waals surface area contributed by atoms with E-state index in [1.165, 1.54) is 5.56 Å². The molecule has 0 unspecified atom stereocenters. The molecule has 0 spiro atoms. The van der Waals surface area contributed by atoms with Crippen molar-refractivity contribution >= 4 is 11.9 Å². The summed E-state index contributed by atoms with van der Waals surface area (Å²) in [6.45, 7) is 1.60. The molecule has 1 aliphatic carbocycles. The lowest BCUT2D eigenvalue weighted by molar-refractivity contribution is -0.134. The van der Waals surface area contributed by atoms with Crippen LogP contribution in [0.2, 0.25) is 0 Å².